The van der Waals surface area contributed by atoms with Gasteiger partial charge in [0.05, 0.1) is 16.9 Å². The zero-order valence-electron chi connectivity index (χ0n) is 10.0. The molecular formula is C13H8BrNO4S. The van der Waals surface area contributed by atoms with E-state index in [-0.39, 0.29) is 23.0 Å². The Kier molecular flexibility index (Phi) is 3.39. The molecule has 1 saturated heterocycles. The molecular weight excluding hydrogens is 346 g/mol. The molecule has 1 aliphatic heterocycles. The number of nitrogens with one attached hydrogen (secondary N) is 1. The highest BCUT2D eigenvalue weighted by molar-refractivity contribution is 9.10. The van der Waals surface area contributed by atoms with E-state index in [0.717, 1.165) is 16.2 Å². The second-order valence-corrected chi connectivity index (χ2v) is 6.41. The number of thioether (sulfide) groups is 1. The molecule has 1 aromatic carbocycles. The van der Waals surface area contributed by atoms with E-state index in [0.29, 0.717) is 16.5 Å². The number of imide groups is 1. The van der Waals surface area contributed by atoms with Crippen LogP contribution in [0.25, 0.3) is 11.0 Å². The summed E-state index contributed by atoms with van der Waals surface area (Å²) in [5.74, 6) is -0.367. The Morgan fingerprint density at radius 1 is 1.30 bits per heavy atom. The summed E-state index contributed by atoms with van der Waals surface area (Å²) in [4.78, 5) is 35.0. The van der Waals surface area contributed by atoms with Crippen LogP contribution in [-0.4, -0.2) is 16.4 Å². The summed E-state index contributed by atoms with van der Waals surface area (Å²) in [7, 11) is 0. The monoisotopic (exact) mass is 353 g/mol. The van der Waals surface area contributed by atoms with Gasteiger partial charge in [0, 0.05) is 16.5 Å². The van der Waals surface area contributed by atoms with Gasteiger partial charge in [0.15, 0.2) is 5.43 Å². The molecule has 1 atom stereocenters. The van der Waals surface area contributed by atoms with Gasteiger partial charge in [-0.1, -0.05) is 27.7 Å². The highest BCUT2D eigenvalue weighted by Gasteiger charge is 2.32. The standard InChI is InChI=1S/C13H8BrNO4S/c14-7-1-2-9-8(4-7)11(16)6(5-19-9)3-10-12(17)15-13(18)20-10/h1-2,4-5,10H,3H2,(H,15,17,18). The Hall–Kier alpha value is -1.60. The molecule has 1 aromatic heterocycles. The fraction of sp³-hybridized carbons (Fsp3) is 0.154. The van der Waals surface area contributed by atoms with Crippen LogP contribution in [0.15, 0.2) is 38.1 Å². The van der Waals surface area contributed by atoms with Gasteiger partial charge in [0.2, 0.25) is 5.91 Å². The first-order chi connectivity index (χ1) is 9.54. The summed E-state index contributed by atoms with van der Waals surface area (Å²) in [5.41, 5.74) is 0.694. The fourth-order valence-electron chi connectivity index (χ4n) is 2.01. The van der Waals surface area contributed by atoms with Crippen LogP contribution in [0, 0.1) is 0 Å². The number of rotatable bonds is 2. The average molecular weight is 354 g/mol. The van der Waals surface area contributed by atoms with Crippen molar-refractivity contribution in [2.45, 2.75) is 11.7 Å². The summed E-state index contributed by atoms with van der Waals surface area (Å²) in [6.07, 6.45) is 1.53. The molecule has 1 aliphatic rings. The second-order valence-electron chi connectivity index (χ2n) is 4.32. The van der Waals surface area contributed by atoms with E-state index < -0.39 is 5.25 Å². The molecule has 0 spiro atoms. The van der Waals surface area contributed by atoms with Gasteiger partial charge < -0.3 is 4.42 Å². The van der Waals surface area contributed by atoms with Crippen molar-refractivity contribution in [2.24, 2.45) is 0 Å². The Bertz CT molecular complexity index is 786. The van der Waals surface area contributed by atoms with Gasteiger partial charge in [-0.15, -0.1) is 0 Å². The van der Waals surface area contributed by atoms with Crippen molar-refractivity contribution in [3.63, 3.8) is 0 Å². The number of amides is 2. The zero-order valence-corrected chi connectivity index (χ0v) is 12.4. The molecule has 2 aromatic rings. The molecule has 102 valence electrons. The van der Waals surface area contributed by atoms with Crippen LogP contribution < -0.4 is 10.7 Å². The highest BCUT2D eigenvalue weighted by Crippen LogP contribution is 2.23. The Balaban J connectivity index is 2.00. The molecule has 0 radical (unpaired) electrons. The number of fused-ring (bicyclic) bond motifs is 1. The molecule has 0 aliphatic carbocycles. The van der Waals surface area contributed by atoms with Crippen molar-refractivity contribution >= 4 is 49.8 Å². The third-order valence-corrected chi connectivity index (χ3v) is 4.45. The first-order valence-corrected chi connectivity index (χ1v) is 7.43. The van der Waals surface area contributed by atoms with Crippen LogP contribution in [0.5, 0.6) is 0 Å². The summed E-state index contributed by atoms with van der Waals surface area (Å²) < 4.78 is 6.18. The van der Waals surface area contributed by atoms with Gasteiger partial charge in [-0.25, -0.2) is 0 Å². The van der Waals surface area contributed by atoms with Crippen LogP contribution >= 0.6 is 27.7 Å². The largest absolute Gasteiger partial charge is 0.464 e. The van der Waals surface area contributed by atoms with Gasteiger partial charge in [-0.2, -0.15) is 0 Å². The average Bonchev–Trinajstić information content (AvgIpc) is 2.72. The first kappa shape index (κ1) is 13.4. The van der Waals surface area contributed by atoms with Gasteiger partial charge in [-0.3, -0.25) is 19.7 Å². The van der Waals surface area contributed by atoms with Crippen LogP contribution in [0.1, 0.15) is 5.56 Å². The molecule has 5 nitrogen and oxygen atoms in total. The lowest BCUT2D eigenvalue weighted by Crippen LogP contribution is -2.27. The van der Waals surface area contributed by atoms with Gasteiger partial charge in [0.25, 0.3) is 5.24 Å². The number of benzene rings is 1. The van der Waals surface area contributed by atoms with Crippen molar-refractivity contribution in [1.29, 1.82) is 0 Å². The lowest BCUT2D eigenvalue weighted by molar-refractivity contribution is -0.118. The molecule has 2 heterocycles. The maximum atomic E-state index is 12.3. The molecule has 2 amide bonds. The number of carbonyl (C=O) groups is 2. The van der Waals surface area contributed by atoms with E-state index in [1.807, 2.05) is 0 Å². The lowest BCUT2D eigenvalue weighted by Gasteiger charge is -2.05. The minimum atomic E-state index is -0.574. The molecule has 1 N–H and O–H groups in total. The summed E-state index contributed by atoms with van der Waals surface area (Å²) >= 11 is 4.20. The summed E-state index contributed by atoms with van der Waals surface area (Å²) in [6.45, 7) is 0. The highest BCUT2D eigenvalue weighted by atomic mass is 79.9. The van der Waals surface area contributed by atoms with E-state index in [1.165, 1.54) is 6.26 Å². The minimum absolute atomic E-state index is 0.174. The third kappa shape index (κ3) is 2.38. The van der Waals surface area contributed by atoms with Crippen LogP contribution in [0.2, 0.25) is 0 Å². The second kappa shape index (κ2) is 5.06. The maximum absolute atomic E-state index is 12.3. The zero-order chi connectivity index (χ0) is 14.3. The Labute approximate surface area is 125 Å². The summed E-state index contributed by atoms with van der Waals surface area (Å²) in [5, 5.41) is 1.69. The van der Waals surface area contributed by atoms with Gasteiger partial charge in [-0.05, 0) is 18.2 Å². The van der Waals surface area contributed by atoms with E-state index in [2.05, 4.69) is 21.2 Å². The number of hydrogen-bond acceptors (Lipinski definition) is 5. The fourth-order valence-corrected chi connectivity index (χ4v) is 3.22. The smallest absolute Gasteiger partial charge is 0.286 e. The van der Waals surface area contributed by atoms with Crippen molar-refractivity contribution in [3.05, 3.63) is 44.7 Å². The van der Waals surface area contributed by atoms with E-state index in [1.54, 1.807) is 18.2 Å². The lowest BCUT2D eigenvalue weighted by atomic mass is 10.1. The molecule has 7 heteroatoms. The SMILES string of the molecule is O=C1NC(=O)C(Cc2coc3ccc(Br)cc3c2=O)S1. The molecule has 1 fully saturated rings. The molecule has 0 saturated carbocycles. The van der Waals surface area contributed by atoms with Gasteiger partial charge >= 0.3 is 0 Å². The van der Waals surface area contributed by atoms with Crippen molar-refractivity contribution in [1.82, 2.24) is 5.32 Å². The van der Waals surface area contributed by atoms with E-state index in [4.69, 9.17) is 4.42 Å². The van der Waals surface area contributed by atoms with E-state index in [9.17, 15) is 14.4 Å². The Morgan fingerprint density at radius 3 is 2.80 bits per heavy atom. The predicted molar refractivity (Wildman–Crippen MR) is 78.8 cm³/mol. The number of carbonyl (C=O) groups excluding carboxylic acids is 2. The molecule has 20 heavy (non-hydrogen) atoms. The van der Waals surface area contributed by atoms with Gasteiger partial charge in [0.1, 0.15) is 5.58 Å². The first-order valence-electron chi connectivity index (χ1n) is 5.76. The van der Waals surface area contributed by atoms with Crippen molar-refractivity contribution < 1.29 is 14.0 Å². The van der Waals surface area contributed by atoms with Crippen LogP contribution in [0.4, 0.5) is 4.79 Å². The van der Waals surface area contributed by atoms with E-state index >= 15 is 0 Å². The van der Waals surface area contributed by atoms with Crippen LogP contribution in [-0.2, 0) is 11.2 Å². The van der Waals surface area contributed by atoms with Crippen molar-refractivity contribution in [3.8, 4) is 0 Å². The number of hydrogen-bond donors (Lipinski definition) is 1. The number of halogens is 1. The predicted octanol–water partition coefficient (Wildman–Crippen LogP) is 2.45. The quantitative estimate of drug-likeness (QED) is 0.897. The minimum Gasteiger partial charge on any atom is -0.464 e. The maximum Gasteiger partial charge on any atom is 0.286 e. The molecule has 3 rings (SSSR count). The van der Waals surface area contributed by atoms with Crippen LogP contribution in [0.3, 0.4) is 0 Å². The molecule has 1 unspecified atom stereocenters. The Morgan fingerprint density at radius 2 is 2.10 bits per heavy atom. The van der Waals surface area contributed by atoms with Crippen molar-refractivity contribution in [2.75, 3.05) is 0 Å². The topological polar surface area (TPSA) is 76.4 Å². The normalized spacial score (nSPS) is 18.6. The third-order valence-electron chi connectivity index (χ3n) is 2.98. The summed E-state index contributed by atoms with van der Waals surface area (Å²) in [6, 6.07) is 5.16. The molecule has 0 bridgehead atoms.